The van der Waals surface area contributed by atoms with Crippen LogP contribution < -0.4 is 20.7 Å². The lowest BCUT2D eigenvalue weighted by molar-refractivity contribution is -0.274. The number of amides is 1. The van der Waals surface area contributed by atoms with Crippen LogP contribution in [0, 0.1) is 0 Å². The lowest BCUT2D eigenvalue weighted by Crippen LogP contribution is -2.38. The largest absolute Gasteiger partial charge is 0.573 e. The molecule has 0 unspecified atom stereocenters. The summed E-state index contributed by atoms with van der Waals surface area (Å²) < 4.78 is 40.5. The first-order valence-electron chi connectivity index (χ1n) is 9.98. The first-order chi connectivity index (χ1) is 14.8. The fourth-order valence-corrected chi connectivity index (χ4v) is 2.83. The maximum Gasteiger partial charge on any atom is 0.573 e. The van der Waals surface area contributed by atoms with Crippen molar-refractivity contribution in [2.45, 2.75) is 26.1 Å². The number of hydrogen-bond acceptors (Lipinski definition) is 3. The van der Waals surface area contributed by atoms with Gasteiger partial charge < -0.3 is 20.7 Å². The van der Waals surface area contributed by atoms with Gasteiger partial charge in [-0.3, -0.25) is 9.79 Å². The summed E-state index contributed by atoms with van der Waals surface area (Å²) in [5.74, 6) is 0.292. The molecule has 0 aliphatic heterocycles. The van der Waals surface area contributed by atoms with E-state index < -0.39 is 6.36 Å². The third-order valence-electron chi connectivity index (χ3n) is 4.29. The van der Waals surface area contributed by atoms with E-state index in [4.69, 9.17) is 0 Å². The normalized spacial score (nSPS) is 11.7. The van der Waals surface area contributed by atoms with Gasteiger partial charge in [-0.25, -0.2) is 0 Å². The molecular formula is C22H27F3N4O2. The minimum Gasteiger partial charge on any atom is -0.406 e. The molecule has 0 saturated heterocycles. The second-order valence-corrected chi connectivity index (χ2v) is 6.66. The second-order valence-electron chi connectivity index (χ2n) is 6.66. The molecule has 168 valence electrons. The standard InChI is InChI=1S/C22H27F3N4O2/c1-3-27-21(29-14-12-17-5-4-6-18(15-17)20(30)26-2)28-13-11-16-7-9-19(10-8-16)31-22(23,24)25/h4-10,15H,3,11-14H2,1-2H3,(H,26,30)(H2,27,28,29). The van der Waals surface area contributed by atoms with E-state index in [2.05, 4.69) is 25.7 Å². The van der Waals surface area contributed by atoms with Gasteiger partial charge in [-0.2, -0.15) is 0 Å². The number of aliphatic imine (C=N–C) groups is 1. The Labute approximate surface area is 179 Å². The van der Waals surface area contributed by atoms with E-state index >= 15 is 0 Å². The fraction of sp³-hybridized carbons (Fsp3) is 0.364. The molecule has 31 heavy (non-hydrogen) atoms. The molecule has 6 nitrogen and oxygen atoms in total. The van der Waals surface area contributed by atoms with Gasteiger partial charge in [0.2, 0.25) is 0 Å². The van der Waals surface area contributed by atoms with Crippen LogP contribution in [0.1, 0.15) is 28.4 Å². The number of guanidine groups is 1. The Balaban J connectivity index is 1.84. The number of carbonyl (C=O) groups is 1. The summed E-state index contributed by atoms with van der Waals surface area (Å²) >= 11 is 0. The molecule has 0 heterocycles. The zero-order valence-electron chi connectivity index (χ0n) is 17.6. The minimum absolute atomic E-state index is 0.122. The summed E-state index contributed by atoms with van der Waals surface area (Å²) in [4.78, 5) is 16.2. The van der Waals surface area contributed by atoms with E-state index in [1.165, 1.54) is 12.1 Å². The summed E-state index contributed by atoms with van der Waals surface area (Å²) in [5, 5.41) is 9.01. The molecule has 0 aliphatic rings. The van der Waals surface area contributed by atoms with E-state index in [1.807, 2.05) is 25.1 Å². The number of nitrogens with zero attached hydrogens (tertiary/aromatic N) is 1. The van der Waals surface area contributed by atoms with Crippen molar-refractivity contribution >= 4 is 11.9 Å². The molecule has 0 radical (unpaired) electrons. The average Bonchev–Trinajstić information content (AvgIpc) is 2.73. The topological polar surface area (TPSA) is 74.8 Å². The monoisotopic (exact) mass is 436 g/mol. The van der Waals surface area contributed by atoms with Crippen LogP contribution >= 0.6 is 0 Å². The molecule has 0 bridgehead atoms. The van der Waals surface area contributed by atoms with E-state index in [0.29, 0.717) is 37.6 Å². The number of nitrogens with one attached hydrogen (secondary N) is 3. The van der Waals surface area contributed by atoms with Gasteiger partial charge in [-0.15, -0.1) is 13.2 Å². The lowest BCUT2D eigenvalue weighted by Gasteiger charge is -2.12. The fourth-order valence-electron chi connectivity index (χ4n) is 2.83. The van der Waals surface area contributed by atoms with Crippen molar-refractivity contribution in [2.75, 3.05) is 26.7 Å². The van der Waals surface area contributed by atoms with Crippen LogP contribution in [-0.2, 0) is 12.8 Å². The van der Waals surface area contributed by atoms with Crippen LogP contribution in [0.25, 0.3) is 0 Å². The van der Waals surface area contributed by atoms with Crippen molar-refractivity contribution in [1.29, 1.82) is 0 Å². The maximum absolute atomic E-state index is 12.2. The molecule has 3 N–H and O–H groups in total. The first kappa shape index (κ1) is 24.0. The zero-order valence-corrected chi connectivity index (χ0v) is 17.6. The summed E-state index contributed by atoms with van der Waals surface area (Å²) in [6, 6.07) is 13.2. The van der Waals surface area contributed by atoms with Crippen molar-refractivity contribution in [3.05, 3.63) is 65.2 Å². The molecule has 0 aliphatic carbocycles. The number of hydrogen-bond donors (Lipinski definition) is 3. The molecule has 0 saturated carbocycles. The van der Waals surface area contributed by atoms with E-state index in [-0.39, 0.29) is 11.7 Å². The Bertz CT molecular complexity index is 868. The predicted octanol–water partition coefficient (Wildman–Crippen LogP) is 3.29. The zero-order chi connectivity index (χ0) is 22.7. The predicted molar refractivity (Wildman–Crippen MR) is 114 cm³/mol. The third kappa shape index (κ3) is 8.98. The number of alkyl halides is 3. The Hall–Kier alpha value is -3.23. The van der Waals surface area contributed by atoms with Crippen molar-refractivity contribution in [3.8, 4) is 5.75 Å². The molecule has 0 spiro atoms. The Morgan fingerprint density at radius 3 is 2.42 bits per heavy atom. The van der Waals surface area contributed by atoms with Gasteiger partial charge in [-0.05, 0) is 55.2 Å². The molecule has 0 aromatic heterocycles. The van der Waals surface area contributed by atoms with Crippen molar-refractivity contribution in [2.24, 2.45) is 4.99 Å². The molecule has 2 aromatic rings. The Morgan fingerprint density at radius 1 is 1.03 bits per heavy atom. The number of ether oxygens (including phenoxy) is 1. The highest BCUT2D eigenvalue weighted by atomic mass is 19.4. The molecule has 2 rings (SSSR count). The van der Waals surface area contributed by atoms with Crippen molar-refractivity contribution in [1.82, 2.24) is 16.0 Å². The average molecular weight is 436 g/mol. The van der Waals surface area contributed by atoms with Gasteiger partial charge in [0.1, 0.15) is 5.75 Å². The molecule has 9 heteroatoms. The summed E-state index contributed by atoms with van der Waals surface area (Å²) in [6.45, 7) is 3.76. The summed E-state index contributed by atoms with van der Waals surface area (Å²) in [5.41, 5.74) is 2.51. The van der Waals surface area contributed by atoms with Crippen LogP contribution in [0.2, 0.25) is 0 Å². The summed E-state index contributed by atoms with van der Waals surface area (Å²) in [7, 11) is 1.60. The number of rotatable bonds is 9. The van der Waals surface area contributed by atoms with Gasteiger partial charge in [0.05, 0.1) is 0 Å². The van der Waals surface area contributed by atoms with Gasteiger partial charge in [-0.1, -0.05) is 24.3 Å². The van der Waals surface area contributed by atoms with Crippen molar-refractivity contribution < 1.29 is 22.7 Å². The van der Waals surface area contributed by atoms with Crippen LogP contribution in [0.3, 0.4) is 0 Å². The number of carbonyl (C=O) groups excluding carboxylic acids is 1. The molecule has 0 fully saturated rings. The van der Waals surface area contributed by atoms with E-state index in [0.717, 1.165) is 17.5 Å². The van der Waals surface area contributed by atoms with Crippen molar-refractivity contribution in [3.63, 3.8) is 0 Å². The van der Waals surface area contributed by atoms with Gasteiger partial charge in [0.25, 0.3) is 5.91 Å². The molecule has 1 amide bonds. The highest BCUT2D eigenvalue weighted by Crippen LogP contribution is 2.22. The van der Waals surface area contributed by atoms with Gasteiger partial charge in [0, 0.05) is 32.2 Å². The minimum atomic E-state index is -4.69. The lowest BCUT2D eigenvalue weighted by atomic mass is 10.1. The van der Waals surface area contributed by atoms with E-state index in [1.54, 1.807) is 25.2 Å². The van der Waals surface area contributed by atoms with Crippen LogP contribution in [-0.4, -0.2) is 44.9 Å². The quantitative estimate of drug-likeness (QED) is 0.417. The summed E-state index contributed by atoms with van der Waals surface area (Å²) in [6.07, 6.45) is -3.39. The maximum atomic E-state index is 12.2. The van der Waals surface area contributed by atoms with E-state index in [9.17, 15) is 18.0 Å². The van der Waals surface area contributed by atoms with Gasteiger partial charge in [0.15, 0.2) is 5.96 Å². The number of halogens is 3. The molecule has 2 aromatic carbocycles. The first-order valence-corrected chi connectivity index (χ1v) is 9.98. The van der Waals surface area contributed by atoms with Crippen LogP contribution in [0.15, 0.2) is 53.5 Å². The second kappa shape index (κ2) is 11.8. The smallest absolute Gasteiger partial charge is 0.406 e. The SMILES string of the molecule is CCNC(=NCCc1ccc(OC(F)(F)F)cc1)NCCc1cccc(C(=O)NC)c1. The van der Waals surface area contributed by atoms with Gasteiger partial charge >= 0.3 is 6.36 Å². The van der Waals surface area contributed by atoms with Crippen LogP contribution in [0.4, 0.5) is 13.2 Å². The third-order valence-corrected chi connectivity index (χ3v) is 4.29. The molecule has 0 atom stereocenters. The Kier molecular flexibility index (Phi) is 9.17. The highest BCUT2D eigenvalue weighted by molar-refractivity contribution is 5.94. The molecular weight excluding hydrogens is 409 g/mol. The highest BCUT2D eigenvalue weighted by Gasteiger charge is 2.30. The number of benzene rings is 2. The Morgan fingerprint density at radius 2 is 1.77 bits per heavy atom. The van der Waals surface area contributed by atoms with Crippen LogP contribution in [0.5, 0.6) is 5.75 Å².